The Labute approximate surface area is 133 Å². The lowest BCUT2D eigenvalue weighted by atomic mass is 10.1. The fourth-order valence-electron chi connectivity index (χ4n) is 1.85. The highest BCUT2D eigenvalue weighted by Crippen LogP contribution is 2.36. The van der Waals surface area contributed by atoms with E-state index in [2.05, 4.69) is 10.6 Å². The van der Waals surface area contributed by atoms with Crippen LogP contribution in [0.4, 0.5) is 5.69 Å². The predicted molar refractivity (Wildman–Crippen MR) is 82.2 cm³/mol. The van der Waals surface area contributed by atoms with Crippen LogP contribution in [0.5, 0.6) is 11.5 Å². The number of benzene rings is 1. The number of nitro groups is 1. The molecule has 1 unspecified atom stereocenters. The van der Waals surface area contributed by atoms with E-state index >= 15 is 0 Å². The second-order valence-corrected chi connectivity index (χ2v) is 4.67. The van der Waals surface area contributed by atoms with E-state index in [1.165, 1.54) is 12.1 Å². The number of hydrogen-bond acceptors (Lipinski definition) is 6. The molecule has 2 N–H and O–H groups in total. The number of rotatable bonds is 5. The van der Waals surface area contributed by atoms with Crippen LogP contribution in [0, 0.1) is 10.1 Å². The molecule has 0 aromatic heterocycles. The van der Waals surface area contributed by atoms with E-state index in [4.69, 9.17) is 9.47 Å². The maximum absolute atomic E-state index is 12.1. The lowest BCUT2D eigenvalue weighted by Crippen LogP contribution is -2.37. The molecule has 9 heteroatoms. The standard InChI is InChI=1S/C13H17N3O5.ClH/c1-8(14-2)7-15-13(17)9-5-11-12(21-4-3-20-11)6-10(9)16(18)19;/h5-6,8,14H,3-4,7H2,1-2H3,(H,15,17);1H. The Morgan fingerprint density at radius 1 is 1.36 bits per heavy atom. The summed E-state index contributed by atoms with van der Waals surface area (Å²) in [5.41, 5.74) is -0.332. The highest BCUT2D eigenvalue weighted by molar-refractivity contribution is 5.99. The first kappa shape index (κ1) is 18.0. The van der Waals surface area contributed by atoms with Crippen LogP contribution in [0.2, 0.25) is 0 Å². The van der Waals surface area contributed by atoms with Crippen LogP contribution in [0.25, 0.3) is 0 Å². The summed E-state index contributed by atoms with van der Waals surface area (Å²) in [4.78, 5) is 22.7. The van der Waals surface area contributed by atoms with Gasteiger partial charge in [0, 0.05) is 18.7 Å². The Morgan fingerprint density at radius 2 is 1.95 bits per heavy atom. The molecule has 0 saturated carbocycles. The number of carbonyl (C=O) groups is 1. The molecule has 1 heterocycles. The molecular formula is C13H18ClN3O5. The van der Waals surface area contributed by atoms with Crippen molar-refractivity contribution in [3.05, 3.63) is 27.8 Å². The smallest absolute Gasteiger partial charge is 0.286 e. The summed E-state index contributed by atoms with van der Waals surface area (Å²) < 4.78 is 10.6. The molecule has 0 spiro atoms. The molecule has 1 amide bonds. The second-order valence-electron chi connectivity index (χ2n) is 4.67. The highest BCUT2D eigenvalue weighted by atomic mass is 35.5. The van der Waals surface area contributed by atoms with Crippen LogP contribution in [0.15, 0.2) is 12.1 Å². The zero-order valence-corrected chi connectivity index (χ0v) is 13.1. The molecule has 0 aliphatic carbocycles. The number of amides is 1. The van der Waals surface area contributed by atoms with Crippen molar-refractivity contribution in [3.63, 3.8) is 0 Å². The van der Waals surface area contributed by atoms with Crippen LogP contribution < -0.4 is 20.1 Å². The molecule has 22 heavy (non-hydrogen) atoms. The van der Waals surface area contributed by atoms with Gasteiger partial charge in [-0.05, 0) is 14.0 Å². The van der Waals surface area contributed by atoms with Gasteiger partial charge in [0.25, 0.3) is 11.6 Å². The first-order valence-corrected chi connectivity index (χ1v) is 6.56. The average Bonchev–Trinajstić information content (AvgIpc) is 2.50. The van der Waals surface area contributed by atoms with Gasteiger partial charge in [-0.15, -0.1) is 12.4 Å². The van der Waals surface area contributed by atoms with Crippen molar-refractivity contribution in [2.24, 2.45) is 0 Å². The van der Waals surface area contributed by atoms with E-state index in [0.717, 1.165) is 0 Å². The third-order valence-electron chi connectivity index (χ3n) is 3.16. The highest BCUT2D eigenvalue weighted by Gasteiger charge is 2.26. The number of hydrogen-bond donors (Lipinski definition) is 2. The van der Waals surface area contributed by atoms with Gasteiger partial charge in [-0.2, -0.15) is 0 Å². The molecule has 1 aromatic carbocycles. The van der Waals surface area contributed by atoms with E-state index < -0.39 is 10.8 Å². The molecule has 0 saturated heterocycles. The number of nitrogens with zero attached hydrogens (tertiary/aromatic N) is 1. The zero-order chi connectivity index (χ0) is 15.4. The van der Waals surface area contributed by atoms with Crippen molar-refractivity contribution in [1.82, 2.24) is 10.6 Å². The van der Waals surface area contributed by atoms with Crippen molar-refractivity contribution >= 4 is 24.0 Å². The predicted octanol–water partition coefficient (Wildman–Crippen LogP) is 1.13. The maximum Gasteiger partial charge on any atom is 0.286 e. The van der Waals surface area contributed by atoms with Gasteiger partial charge in [-0.25, -0.2) is 0 Å². The van der Waals surface area contributed by atoms with Gasteiger partial charge in [-0.1, -0.05) is 0 Å². The maximum atomic E-state index is 12.1. The van der Waals surface area contributed by atoms with Crippen molar-refractivity contribution < 1.29 is 19.2 Å². The largest absolute Gasteiger partial charge is 0.486 e. The van der Waals surface area contributed by atoms with Gasteiger partial charge in [0.1, 0.15) is 18.8 Å². The molecule has 1 aliphatic heterocycles. The minimum absolute atomic E-state index is 0. The van der Waals surface area contributed by atoms with Gasteiger partial charge in [0.05, 0.1) is 11.0 Å². The quantitative estimate of drug-likeness (QED) is 0.619. The molecule has 1 atom stereocenters. The van der Waals surface area contributed by atoms with Crippen molar-refractivity contribution in [1.29, 1.82) is 0 Å². The molecule has 2 rings (SSSR count). The molecule has 8 nitrogen and oxygen atoms in total. The van der Waals surface area contributed by atoms with Crippen LogP contribution in [0.3, 0.4) is 0 Å². The van der Waals surface area contributed by atoms with Gasteiger partial charge < -0.3 is 20.1 Å². The summed E-state index contributed by atoms with van der Waals surface area (Å²) >= 11 is 0. The molecule has 0 radical (unpaired) electrons. The van der Waals surface area contributed by atoms with Crippen LogP contribution in [-0.4, -0.2) is 43.7 Å². The average molecular weight is 332 g/mol. The van der Waals surface area contributed by atoms with Gasteiger partial charge in [0.15, 0.2) is 11.5 Å². The fourth-order valence-corrected chi connectivity index (χ4v) is 1.85. The lowest BCUT2D eigenvalue weighted by Gasteiger charge is -2.19. The van der Waals surface area contributed by atoms with E-state index in [1.54, 1.807) is 7.05 Å². The van der Waals surface area contributed by atoms with E-state index in [0.29, 0.717) is 25.5 Å². The third kappa shape index (κ3) is 3.99. The number of nitrogens with one attached hydrogen (secondary N) is 2. The van der Waals surface area contributed by atoms with Crippen molar-refractivity contribution in [2.45, 2.75) is 13.0 Å². The molecule has 1 aromatic rings. The number of ether oxygens (including phenoxy) is 2. The van der Waals surface area contributed by atoms with Gasteiger partial charge in [-0.3, -0.25) is 14.9 Å². The SMILES string of the molecule is CNC(C)CNC(=O)c1cc2c(cc1[N+](=O)[O-])OCCO2.Cl. The summed E-state index contributed by atoms with van der Waals surface area (Å²) in [6.45, 7) is 2.93. The van der Waals surface area contributed by atoms with Crippen LogP contribution >= 0.6 is 12.4 Å². The van der Waals surface area contributed by atoms with Crippen molar-refractivity contribution in [3.8, 4) is 11.5 Å². The van der Waals surface area contributed by atoms with Gasteiger partial charge >= 0.3 is 0 Å². The monoisotopic (exact) mass is 331 g/mol. The topological polar surface area (TPSA) is 103 Å². The Kier molecular flexibility index (Phi) is 6.39. The summed E-state index contributed by atoms with van der Waals surface area (Å²) in [6, 6.07) is 2.64. The Bertz CT molecular complexity index is 567. The minimum atomic E-state index is -0.603. The fraction of sp³-hybridized carbons (Fsp3) is 0.462. The first-order chi connectivity index (χ1) is 10.0. The van der Waals surface area contributed by atoms with E-state index in [9.17, 15) is 14.9 Å². The summed E-state index contributed by atoms with van der Waals surface area (Å²) in [5.74, 6) is 0.118. The number of halogens is 1. The zero-order valence-electron chi connectivity index (χ0n) is 12.3. The Morgan fingerprint density at radius 3 is 2.50 bits per heavy atom. The molecule has 122 valence electrons. The molecular weight excluding hydrogens is 314 g/mol. The summed E-state index contributed by atoms with van der Waals surface area (Å²) in [5, 5.41) is 16.7. The number of carbonyl (C=O) groups excluding carboxylic acids is 1. The van der Waals surface area contributed by atoms with Gasteiger partial charge in [0.2, 0.25) is 0 Å². The Balaban J connectivity index is 0.00000242. The van der Waals surface area contributed by atoms with Crippen molar-refractivity contribution in [2.75, 3.05) is 26.8 Å². The molecule has 0 bridgehead atoms. The second kappa shape index (κ2) is 7.81. The number of fused-ring (bicyclic) bond motifs is 1. The number of likely N-dealkylation sites (N-methyl/N-ethyl adjacent to an activating group) is 1. The van der Waals surface area contributed by atoms with E-state index in [-0.39, 0.29) is 35.4 Å². The normalized spacial score (nSPS) is 13.7. The van der Waals surface area contributed by atoms with E-state index in [1.807, 2.05) is 6.92 Å². The number of nitro benzene ring substituents is 1. The van der Waals surface area contributed by atoms with Crippen LogP contribution in [0.1, 0.15) is 17.3 Å². The summed E-state index contributed by atoms with van der Waals surface area (Å²) in [6.07, 6.45) is 0. The Hall–Kier alpha value is -2.06. The van der Waals surface area contributed by atoms with Crippen LogP contribution in [-0.2, 0) is 0 Å². The summed E-state index contributed by atoms with van der Waals surface area (Å²) in [7, 11) is 1.77. The minimum Gasteiger partial charge on any atom is -0.486 e. The first-order valence-electron chi connectivity index (χ1n) is 6.56. The molecule has 1 aliphatic rings. The third-order valence-corrected chi connectivity index (χ3v) is 3.16. The molecule has 0 fully saturated rings. The lowest BCUT2D eigenvalue weighted by molar-refractivity contribution is -0.385.